The van der Waals surface area contributed by atoms with Gasteiger partial charge in [0.05, 0.1) is 62.1 Å². The highest BCUT2D eigenvalue weighted by molar-refractivity contribution is 7.86. The number of nitrogens with two attached hydrogens (primary N) is 2. The molecule has 0 heterocycles. The van der Waals surface area contributed by atoms with Gasteiger partial charge in [-0.25, -0.2) is 16.8 Å². The van der Waals surface area contributed by atoms with Crippen LogP contribution in [0.25, 0.3) is 12.2 Å². The first-order valence-corrected chi connectivity index (χ1v) is 25.4. The molecule has 0 bridgehead atoms. The van der Waals surface area contributed by atoms with Gasteiger partial charge in [-0.1, -0.05) is 131 Å². The van der Waals surface area contributed by atoms with Gasteiger partial charge in [0.1, 0.15) is 20.2 Å². The molecule has 0 aliphatic carbocycles. The van der Waals surface area contributed by atoms with E-state index in [4.69, 9.17) is 11.5 Å². The van der Waals surface area contributed by atoms with Crippen LogP contribution in [-0.4, -0.2) is 87.3 Å². The van der Waals surface area contributed by atoms with Gasteiger partial charge in [0, 0.05) is 11.4 Å². The summed E-state index contributed by atoms with van der Waals surface area (Å²) >= 11 is 0. The smallest absolute Gasteiger partial charge is 0.125 e. The minimum Gasteiger partial charge on any atom is -0.744 e. The van der Waals surface area contributed by atoms with Gasteiger partial charge >= 0.3 is 0 Å². The van der Waals surface area contributed by atoms with E-state index in [1.807, 2.05) is 0 Å². The molecule has 0 saturated carbocycles. The first-order valence-electron chi connectivity index (χ1n) is 22.6. The summed E-state index contributed by atoms with van der Waals surface area (Å²) in [4.78, 5) is -1.11. The summed E-state index contributed by atoms with van der Waals surface area (Å²) in [6.07, 6.45) is 24.5. The number of nitrogens with zero attached hydrogens (tertiary/aromatic N) is 2. The Morgan fingerprint density at radius 3 is 0.810 bits per heavy atom. The van der Waals surface area contributed by atoms with E-state index in [9.17, 15) is 25.9 Å². The van der Waals surface area contributed by atoms with Crippen molar-refractivity contribution in [3.8, 4) is 0 Å². The maximum atomic E-state index is 11.3. The van der Waals surface area contributed by atoms with Gasteiger partial charge in [-0.3, -0.25) is 0 Å². The van der Waals surface area contributed by atoms with E-state index in [2.05, 4.69) is 55.4 Å². The molecule has 0 radical (unpaired) electrons. The Kier molecular flexibility index (Phi) is 29.2. The number of hydrogen-bond donors (Lipinski definition) is 2. The number of unbranched alkanes of at least 4 members (excludes halogenated alkanes) is 8. The molecule has 4 N–H and O–H groups in total. The van der Waals surface area contributed by atoms with Gasteiger partial charge < -0.3 is 29.5 Å². The zero-order chi connectivity index (χ0) is 44.1. The molecule has 12 heteroatoms. The summed E-state index contributed by atoms with van der Waals surface area (Å²) in [7, 11) is -9.57. The van der Waals surface area contributed by atoms with Crippen molar-refractivity contribution in [3.63, 3.8) is 0 Å². The average Bonchev–Trinajstić information content (AvgIpc) is 3.19. The van der Waals surface area contributed by atoms with Gasteiger partial charge in [0.15, 0.2) is 0 Å². The first-order chi connectivity index (χ1) is 27.5. The highest BCUT2D eigenvalue weighted by atomic mass is 32.2. The summed E-state index contributed by atoms with van der Waals surface area (Å²) in [5.41, 5.74) is 11.1. The van der Waals surface area contributed by atoms with E-state index in [1.54, 1.807) is 0 Å². The van der Waals surface area contributed by atoms with Crippen LogP contribution in [0.4, 0.5) is 11.4 Å². The molecule has 2 aromatic rings. The third-order valence-electron chi connectivity index (χ3n) is 10.9. The maximum Gasteiger partial charge on any atom is 0.125 e. The van der Waals surface area contributed by atoms with E-state index in [1.165, 1.54) is 200 Å². The van der Waals surface area contributed by atoms with Gasteiger partial charge in [-0.15, -0.1) is 0 Å². The van der Waals surface area contributed by atoms with Crippen LogP contribution in [0.5, 0.6) is 0 Å². The zero-order valence-electron chi connectivity index (χ0n) is 37.9. The molecular formula is C46H84N4O6S2. The normalized spacial score (nSPS) is 12.2. The second kappa shape index (κ2) is 30.5. The highest BCUT2D eigenvalue weighted by Crippen LogP contribution is 2.25. The summed E-state index contributed by atoms with van der Waals surface area (Å²) in [6, 6.07) is 7.33. The lowest BCUT2D eigenvalue weighted by Gasteiger charge is -2.39. The van der Waals surface area contributed by atoms with E-state index in [-0.39, 0.29) is 22.5 Å². The Hall–Kier alpha value is -2.48. The minimum absolute atomic E-state index is 0.00488. The van der Waals surface area contributed by atoms with Crippen molar-refractivity contribution in [2.75, 3.05) is 63.8 Å². The molecular weight excluding hydrogens is 769 g/mol. The monoisotopic (exact) mass is 853 g/mol. The Bertz CT molecular complexity index is 1440. The number of anilines is 2. The third-order valence-corrected chi connectivity index (χ3v) is 12.7. The standard InChI is InChI=1S/2C16H36N.C14H14N2O6S2/c2*1-5-9-13-17(14-10-6-2,15-11-7-3)16-12-8-4;15-11-5-3-9(13(7-11)23(17,18)19)1-2-10-4-6-12(16)8-14(10)24(20,21)22/h2*5-16H2,1-4H3;1-8H,15-16H2,(H,17,18,19)(H,20,21,22)/q2*+1;/p-2. The summed E-state index contributed by atoms with van der Waals surface area (Å²) in [5, 5.41) is 0. The summed E-state index contributed by atoms with van der Waals surface area (Å²) in [6.45, 7) is 30.0. The fraction of sp³-hybridized carbons (Fsp3) is 0.696. The molecule has 0 aliphatic heterocycles. The Labute approximate surface area is 356 Å². The largest absolute Gasteiger partial charge is 0.744 e. The molecule has 0 aliphatic rings. The lowest BCUT2D eigenvalue weighted by molar-refractivity contribution is -0.929. The Morgan fingerprint density at radius 2 is 0.638 bits per heavy atom. The molecule has 58 heavy (non-hydrogen) atoms. The van der Waals surface area contributed by atoms with E-state index >= 15 is 0 Å². The molecule has 0 fully saturated rings. The third kappa shape index (κ3) is 22.8. The van der Waals surface area contributed by atoms with Crippen molar-refractivity contribution in [1.82, 2.24) is 0 Å². The predicted octanol–water partition coefficient (Wildman–Crippen LogP) is 10.8. The number of rotatable bonds is 28. The molecule has 0 atom stereocenters. The molecule has 0 saturated heterocycles. The van der Waals surface area contributed by atoms with Crippen LogP contribution in [-0.2, 0) is 20.2 Å². The molecule has 0 spiro atoms. The van der Waals surface area contributed by atoms with Crippen LogP contribution in [0.2, 0.25) is 0 Å². The lowest BCUT2D eigenvalue weighted by Crippen LogP contribution is -2.50. The fourth-order valence-electron chi connectivity index (χ4n) is 7.28. The van der Waals surface area contributed by atoms with Crippen LogP contribution in [0.3, 0.4) is 0 Å². The first kappa shape index (κ1) is 55.5. The Morgan fingerprint density at radius 1 is 0.431 bits per heavy atom. The van der Waals surface area contributed by atoms with E-state index < -0.39 is 30.0 Å². The molecule has 2 rings (SSSR count). The topological polar surface area (TPSA) is 166 Å². The van der Waals surface area contributed by atoms with Crippen LogP contribution in [0.15, 0.2) is 46.2 Å². The zero-order valence-corrected chi connectivity index (χ0v) is 39.5. The van der Waals surface area contributed by atoms with Crippen molar-refractivity contribution >= 4 is 43.8 Å². The van der Waals surface area contributed by atoms with Crippen LogP contribution in [0, 0.1) is 0 Å². The van der Waals surface area contributed by atoms with Crippen molar-refractivity contribution in [2.24, 2.45) is 0 Å². The SMILES string of the molecule is CCCC[N+](CCCC)(CCCC)CCCC.CCCC[N+](CCCC)(CCCC)CCCC.Nc1ccc(C=Cc2ccc(N)cc2S(=O)(=O)[O-])c(S(=O)(=O)[O-])c1. The lowest BCUT2D eigenvalue weighted by atomic mass is 10.1. The minimum atomic E-state index is -4.79. The van der Waals surface area contributed by atoms with Gasteiger partial charge in [0.25, 0.3) is 0 Å². The van der Waals surface area contributed by atoms with Gasteiger partial charge in [-0.05, 0) is 86.8 Å². The predicted molar refractivity (Wildman–Crippen MR) is 245 cm³/mol. The van der Waals surface area contributed by atoms with E-state index in [0.29, 0.717) is 0 Å². The van der Waals surface area contributed by atoms with Crippen LogP contribution in [0.1, 0.15) is 169 Å². The number of quaternary nitrogens is 2. The summed E-state index contributed by atoms with van der Waals surface area (Å²) < 4.78 is 70.5. The van der Waals surface area contributed by atoms with Crippen LogP contribution < -0.4 is 11.5 Å². The van der Waals surface area contributed by atoms with Gasteiger partial charge in [-0.2, -0.15) is 0 Å². The molecule has 0 unspecified atom stereocenters. The quantitative estimate of drug-likeness (QED) is 0.0369. The Balaban J connectivity index is 0.000000864. The maximum absolute atomic E-state index is 11.3. The molecule has 2 aromatic carbocycles. The average molecular weight is 853 g/mol. The second-order valence-corrected chi connectivity index (χ2v) is 18.8. The molecule has 10 nitrogen and oxygen atoms in total. The van der Waals surface area contributed by atoms with E-state index in [0.717, 1.165) is 12.1 Å². The van der Waals surface area contributed by atoms with Crippen molar-refractivity contribution in [2.45, 2.75) is 168 Å². The van der Waals surface area contributed by atoms with Crippen molar-refractivity contribution in [3.05, 3.63) is 47.5 Å². The highest BCUT2D eigenvalue weighted by Gasteiger charge is 2.26. The molecule has 0 aromatic heterocycles. The van der Waals surface area contributed by atoms with Crippen molar-refractivity contribution < 1.29 is 34.9 Å². The number of hydrogen-bond acceptors (Lipinski definition) is 8. The van der Waals surface area contributed by atoms with Crippen molar-refractivity contribution in [1.29, 1.82) is 0 Å². The molecule has 336 valence electrons. The fourth-order valence-corrected chi connectivity index (χ4v) is 8.69. The summed E-state index contributed by atoms with van der Waals surface area (Å²) in [5.74, 6) is 0. The molecule has 0 amide bonds. The van der Waals surface area contributed by atoms with Crippen LogP contribution >= 0.6 is 0 Å². The second-order valence-electron chi connectivity index (χ2n) is 16.1. The number of nitrogen functional groups attached to an aromatic ring is 2. The number of benzene rings is 2. The van der Waals surface area contributed by atoms with Gasteiger partial charge in [0.2, 0.25) is 0 Å².